The molecule has 3 amide bonds. The Labute approximate surface area is 122 Å². The van der Waals surface area contributed by atoms with Crippen molar-refractivity contribution in [3.05, 3.63) is 34.9 Å². The van der Waals surface area contributed by atoms with Crippen LogP contribution in [-0.2, 0) is 9.59 Å². The number of nitrogens with one attached hydrogen (secondary N) is 1. The van der Waals surface area contributed by atoms with Gasteiger partial charge in [-0.3, -0.25) is 24.5 Å². The van der Waals surface area contributed by atoms with Crippen LogP contribution in [-0.4, -0.2) is 42.0 Å². The molecule has 1 aliphatic heterocycles. The first-order valence-electron chi connectivity index (χ1n) is 6.60. The van der Waals surface area contributed by atoms with Crippen molar-refractivity contribution in [1.82, 2.24) is 10.2 Å². The zero-order chi connectivity index (χ0) is 15.6. The molecular formula is C15H16N2O4. The minimum Gasteiger partial charge on any atom is -0.330 e. The summed E-state index contributed by atoms with van der Waals surface area (Å²) in [6.07, 6.45) is 1.10. The summed E-state index contributed by atoms with van der Waals surface area (Å²) in [7, 11) is 1.50. The number of piperidine rings is 1. The Morgan fingerprint density at radius 2 is 2.10 bits per heavy atom. The fourth-order valence-electron chi connectivity index (χ4n) is 2.34. The summed E-state index contributed by atoms with van der Waals surface area (Å²) in [5.74, 6) is -1.22. The lowest BCUT2D eigenvalue weighted by molar-refractivity contribution is -0.136. The van der Waals surface area contributed by atoms with Gasteiger partial charge in [-0.25, -0.2) is 0 Å². The number of imide groups is 1. The van der Waals surface area contributed by atoms with E-state index in [1.54, 1.807) is 18.2 Å². The van der Waals surface area contributed by atoms with Gasteiger partial charge in [0.25, 0.3) is 5.91 Å². The van der Waals surface area contributed by atoms with Crippen LogP contribution < -0.4 is 5.32 Å². The Kier molecular flexibility index (Phi) is 4.16. The van der Waals surface area contributed by atoms with Crippen LogP contribution in [0, 0.1) is 6.92 Å². The van der Waals surface area contributed by atoms with E-state index in [0.717, 1.165) is 5.56 Å². The quantitative estimate of drug-likeness (QED) is 0.655. The maximum Gasteiger partial charge on any atom is 0.255 e. The molecule has 1 saturated heterocycles. The molecule has 0 aliphatic carbocycles. The van der Waals surface area contributed by atoms with Gasteiger partial charge in [-0.1, -0.05) is 17.7 Å². The van der Waals surface area contributed by atoms with Crippen LogP contribution in [0.1, 0.15) is 39.1 Å². The van der Waals surface area contributed by atoms with E-state index in [2.05, 4.69) is 5.32 Å². The number of aryl methyl sites for hydroxylation is 1. The second-order valence-corrected chi connectivity index (χ2v) is 5.09. The van der Waals surface area contributed by atoms with Gasteiger partial charge < -0.3 is 4.90 Å². The van der Waals surface area contributed by atoms with Crippen molar-refractivity contribution in [2.24, 2.45) is 0 Å². The van der Waals surface area contributed by atoms with E-state index in [1.165, 1.54) is 11.9 Å². The highest BCUT2D eigenvalue weighted by molar-refractivity contribution is 6.06. The molecule has 0 radical (unpaired) electrons. The van der Waals surface area contributed by atoms with E-state index >= 15 is 0 Å². The van der Waals surface area contributed by atoms with E-state index in [9.17, 15) is 19.2 Å². The fraction of sp³-hybridized carbons (Fsp3) is 0.333. The topological polar surface area (TPSA) is 83.6 Å². The first kappa shape index (κ1) is 14.9. The monoisotopic (exact) mass is 288 g/mol. The third kappa shape index (κ3) is 2.99. The van der Waals surface area contributed by atoms with Crippen LogP contribution in [0.25, 0.3) is 0 Å². The Morgan fingerprint density at radius 3 is 2.71 bits per heavy atom. The summed E-state index contributed by atoms with van der Waals surface area (Å²) in [5, 5.41) is 2.22. The minimum absolute atomic E-state index is 0.197. The van der Waals surface area contributed by atoms with Gasteiger partial charge in [0.05, 0.1) is 5.56 Å². The van der Waals surface area contributed by atoms with Gasteiger partial charge in [-0.05, 0) is 19.4 Å². The zero-order valence-electron chi connectivity index (χ0n) is 11.9. The van der Waals surface area contributed by atoms with E-state index in [4.69, 9.17) is 0 Å². The Balaban J connectivity index is 2.27. The van der Waals surface area contributed by atoms with Crippen molar-refractivity contribution >= 4 is 24.0 Å². The highest BCUT2D eigenvalue weighted by Gasteiger charge is 2.33. The summed E-state index contributed by atoms with van der Waals surface area (Å²) in [4.78, 5) is 47.8. The lowest BCUT2D eigenvalue weighted by Gasteiger charge is -2.30. The molecular weight excluding hydrogens is 272 g/mol. The smallest absolute Gasteiger partial charge is 0.255 e. The number of hydrogen-bond acceptors (Lipinski definition) is 4. The van der Waals surface area contributed by atoms with Crippen LogP contribution in [0.4, 0.5) is 0 Å². The molecule has 0 aromatic heterocycles. The molecule has 2 rings (SSSR count). The standard InChI is InChI=1S/C15H16N2O4/c1-9-3-4-10(8-18)11(7-9)15(21)17(2)12-5-6-13(19)16-14(12)20/h3-4,7-8,12H,5-6H2,1-2H3,(H,16,19,20). The van der Waals surface area contributed by atoms with Crippen LogP contribution in [0.5, 0.6) is 0 Å². The highest BCUT2D eigenvalue weighted by Crippen LogP contribution is 2.17. The van der Waals surface area contributed by atoms with E-state index in [0.29, 0.717) is 6.29 Å². The Hall–Kier alpha value is -2.50. The molecule has 1 unspecified atom stereocenters. The predicted molar refractivity (Wildman–Crippen MR) is 74.8 cm³/mol. The number of likely N-dealkylation sites (N-methyl/N-ethyl adjacent to an activating group) is 1. The average Bonchev–Trinajstić information content (AvgIpc) is 2.45. The molecule has 1 aromatic carbocycles. The van der Waals surface area contributed by atoms with Crippen molar-refractivity contribution < 1.29 is 19.2 Å². The molecule has 1 N–H and O–H groups in total. The lowest BCUT2D eigenvalue weighted by Crippen LogP contribution is -2.53. The lowest BCUT2D eigenvalue weighted by atomic mass is 10.0. The van der Waals surface area contributed by atoms with Gasteiger partial charge in [-0.15, -0.1) is 0 Å². The molecule has 1 aliphatic rings. The van der Waals surface area contributed by atoms with Crippen molar-refractivity contribution in [2.75, 3.05) is 7.05 Å². The molecule has 1 atom stereocenters. The van der Waals surface area contributed by atoms with Crippen LogP contribution in [0.2, 0.25) is 0 Å². The number of carbonyl (C=O) groups is 4. The molecule has 1 fully saturated rings. The average molecular weight is 288 g/mol. The Morgan fingerprint density at radius 1 is 1.38 bits per heavy atom. The highest BCUT2D eigenvalue weighted by atomic mass is 16.2. The second kappa shape index (κ2) is 5.87. The van der Waals surface area contributed by atoms with Gasteiger partial charge in [0.2, 0.25) is 11.8 Å². The number of amides is 3. The summed E-state index contributed by atoms with van der Waals surface area (Å²) in [5.41, 5.74) is 1.39. The fourth-order valence-corrected chi connectivity index (χ4v) is 2.34. The van der Waals surface area contributed by atoms with Gasteiger partial charge in [-0.2, -0.15) is 0 Å². The van der Waals surface area contributed by atoms with E-state index in [1.807, 2.05) is 6.92 Å². The van der Waals surface area contributed by atoms with Crippen molar-refractivity contribution in [3.63, 3.8) is 0 Å². The molecule has 6 nitrogen and oxygen atoms in total. The minimum atomic E-state index is -0.699. The normalized spacial score (nSPS) is 18.1. The molecule has 1 heterocycles. The van der Waals surface area contributed by atoms with Crippen LogP contribution >= 0.6 is 0 Å². The zero-order valence-corrected chi connectivity index (χ0v) is 11.9. The number of hydrogen-bond donors (Lipinski definition) is 1. The van der Waals surface area contributed by atoms with Gasteiger partial charge in [0.1, 0.15) is 6.04 Å². The number of rotatable bonds is 3. The number of carbonyl (C=O) groups excluding carboxylic acids is 4. The van der Waals surface area contributed by atoms with Gasteiger partial charge in [0.15, 0.2) is 6.29 Å². The maximum atomic E-state index is 12.5. The Bertz CT molecular complexity index is 624. The van der Waals surface area contributed by atoms with Crippen LogP contribution in [0.15, 0.2) is 18.2 Å². The summed E-state index contributed by atoms with van der Waals surface area (Å²) >= 11 is 0. The molecule has 0 spiro atoms. The maximum absolute atomic E-state index is 12.5. The largest absolute Gasteiger partial charge is 0.330 e. The number of aldehydes is 1. The molecule has 21 heavy (non-hydrogen) atoms. The van der Waals surface area contributed by atoms with E-state index in [-0.39, 0.29) is 29.9 Å². The summed E-state index contributed by atoms with van der Waals surface area (Å²) < 4.78 is 0. The molecule has 110 valence electrons. The molecule has 1 aromatic rings. The number of nitrogens with zero attached hydrogens (tertiary/aromatic N) is 1. The predicted octanol–water partition coefficient (Wildman–Crippen LogP) is 0.685. The first-order valence-corrected chi connectivity index (χ1v) is 6.60. The van der Waals surface area contributed by atoms with Crippen molar-refractivity contribution in [3.8, 4) is 0 Å². The molecule has 6 heteroatoms. The van der Waals surface area contributed by atoms with E-state index < -0.39 is 17.9 Å². The first-order chi connectivity index (χ1) is 9.93. The van der Waals surface area contributed by atoms with Crippen molar-refractivity contribution in [1.29, 1.82) is 0 Å². The van der Waals surface area contributed by atoms with Crippen molar-refractivity contribution in [2.45, 2.75) is 25.8 Å². The van der Waals surface area contributed by atoms with Gasteiger partial charge >= 0.3 is 0 Å². The molecule has 0 saturated carbocycles. The molecule has 0 bridgehead atoms. The summed E-state index contributed by atoms with van der Waals surface area (Å²) in [6.45, 7) is 1.82. The van der Waals surface area contributed by atoms with Crippen LogP contribution in [0.3, 0.4) is 0 Å². The third-order valence-corrected chi connectivity index (χ3v) is 3.56. The van der Waals surface area contributed by atoms with Gasteiger partial charge in [0, 0.05) is 19.0 Å². The summed E-state index contributed by atoms with van der Waals surface area (Å²) in [6, 6.07) is 4.24. The number of benzene rings is 1. The second-order valence-electron chi connectivity index (χ2n) is 5.09. The SMILES string of the molecule is Cc1ccc(C=O)c(C(=O)N(C)C2CCC(=O)NC2=O)c1. The third-order valence-electron chi connectivity index (χ3n) is 3.56.